The van der Waals surface area contributed by atoms with Crippen LogP contribution in [-0.2, 0) is 4.74 Å². The molecule has 1 N–H and O–H groups in total. The van der Waals surface area contributed by atoms with E-state index in [4.69, 9.17) is 4.74 Å². The molecule has 0 bridgehead atoms. The summed E-state index contributed by atoms with van der Waals surface area (Å²) in [5, 5.41) is 3.50. The third-order valence-corrected chi connectivity index (χ3v) is 3.27. The van der Waals surface area contributed by atoms with Crippen LogP contribution in [0.4, 0.5) is 5.69 Å². The van der Waals surface area contributed by atoms with Crippen LogP contribution in [0.25, 0.3) is 0 Å². The highest BCUT2D eigenvalue weighted by molar-refractivity contribution is 5.43. The Balaban J connectivity index is 1.98. The number of hydrogen-bond donors (Lipinski definition) is 1. The Labute approximate surface area is 115 Å². The molecular weight excluding hydrogens is 234 g/mol. The molecule has 0 aliphatic carbocycles. The summed E-state index contributed by atoms with van der Waals surface area (Å²) in [6.45, 7) is 1.72. The topological polar surface area (TPSA) is 21.3 Å². The van der Waals surface area contributed by atoms with E-state index in [9.17, 15) is 0 Å². The number of benzene rings is 2. The van der Waals surface area contributed by atoms with Gasteiger partial charge in [0.1, 0.15) is 0 Å². The van der Waals surface area contributed by atoms with Crippen LogP contribution < -0.4 is 5.32 Å². The molecular formula is C17H21NO. The Morgan fingerprint density at radius 2 is 1.58 bits per heavy atom. The van der Waals surface area contributed by atoms with Crippen LogP contribution in [0.1, 0.15) is 17.9 Å². The van der Waals surface area contributed by atoms with Crippen molar-refractivity contribution in [1.82, 2.24) is 0 Å². The van der Waals surface area contributed by atoms with E-state index in [2.05, 4.69) is 59.9 Å². The molecule has 1 atom stereocenters. The van der Waals surface area contributed by atoms with E-state index in [1.54, 1.807) is 7.11 Å². The minimum atomic E-state index is 0.473. The van der Waals surface area contributed by atoms with Gasteiger partial charge in [0, 0.05) is 31.9 Å². The highest BCUT2D eigenvalue weighted by Crippen LogP contribution is 2.20. The van der Waals surface area contributed by atoms with Crippen molar-refractivity contribution in [2.24, 2.45) is 0 Å². The highest BCUT2D eigenvalue weighted by atomic mass is 16.5. The average Bonchev–Trinajstić information content (AvgIpc) is 2.49. The molecule has 0 amide bonds. The molecule has 2 aromatic rings. The molecule has 19 heavy (non-hydrogen) atoms. The number of methoxy groups -OCH3 is 1. The van der Waals surface area contributed by atoms with Crippen molar-refractivity contribution in [3.05, 3.63) is 66.2 Å². The minimum Gasteiger partial charge on any atom is -0.385 e. The summed E-state index contributed by atoms with van der Waals surface area (Å²) in [7, 11) is 1.76. The second-order valence-electron chi connectivity index (χ2n) is 4.64. The van der Waals surface area contributed by atoms with Gasteiger partial charge in [-0.25, -0.2) is 0 Å². The van der Waals surface area contributed by atoms with E-state index >= 15 is 0 Å². The van der Waals surface area contributed by atoms with E-state index in [1.807, 2.05) is 6.07 Å². The standard InChI is InChI=1S/C17H21NO/c1-19-13-12-16(15-8-4-2-5-9-15)14-18-17-10-6-3-7-11-17/h2-11,16,18H,12-14H2,1H3. The molecule has 100 valence electrons. The van der Waals surface area contributed by atoms with Gasteiger partial charge in [-0.05, 0) is 24.1 Å². The maximum absolute atomic E-state index is 5.22. The number of nitrogens with one attached hydrogen (secondary N) is 1. The number of hydrogen-bond acceptors (Lipinski definition) is 2. The first-order valence-corrected chi connectivity index (χ1v) is 6.73. The zero-order chi connectivity index (χ0) is 13.3. The maximum Gasteiger partial charge on any atom is 0.0468 e. The van der Waals surface area contributed by atoms with Crippen LogP contribution in [0.5, 0.6) is 0 Å². The first kappa shape index (κ1) is 13.6. The van der Waals surface area contributed by atoms with Crippen molar-refractivity contribution in [3.8, 4) is 0 Å². The molecule has 0 saturated carbocycles. The fourth-order valence-corrected chi connectivity index (χ4v) is 2.17. The zero-order valence-electron chi connectivity index (χ0n) is 11.4. The highest BCUT2D eigenvalue weighted by Gasteiger charge is 2.10. The van der Waals surface area contributed by atoms with E-state index in [-0.39, 0.29) is 0 Å². The van der Waals surface area contributed by atoms with Gasteiger partial charge >= 0.3 is 0 Å². The Kier molecular flexibility index (Phi) is 5.45. The number of anilines is 1. The lowest BCUT2D eigenvalue weighted by Gasteiger charge is -2.18. The molecule has 0 radical (unpaired) electrons. The van der Waals surface area contributed by atoms with Gasteiger partial charge < -0.3 is 10.1 Å². The molecule has 0 spiro atoms. The largest absolute Gasteiger partial charge is 0.385 e. The van der Waals surface area contributed by atoms with Gasteiger partial charge in [-0.3, -0.25) is 0 Å². The molecule has 0 heterocycles. The summed E-state index contributed by atoms with van der Waals surface area (Å²) < 4.78 is 5.22. The summed E-state index contributed by atoms with van der Waals surface area (Å²) in [5.74, 6) is 0.473. The lowest BCUT2D eigenvalue weighted by molar-refractivity contribution is 0.188. The van der Waals surface area contributed by atoms with E-state index in [1.165, 1.54) is 11.3 Å². The fraction of sp³-hybridized carbons (Fsp3) is 0.294. The first-order valence-electron chi connectivity index (χ1n) is 6.73. The fourth-order valence-electron chi connectivity index (χ4n) is 2.17. The summed E-state index contributed by atoms with van der Waals surface area (Å²) >= 11 is 0. The summed E-state index contributed by atoms with van der Waals surface area (Å²) in [6.07, 6.45) is 1.03. The lowest BCUT2D eigenvalue weighted by Crippen LogP contribution is -2.14. The predicted octanol–water partition coefficient (Wildman–Crippen LogP) is 3.92. The van der Waals surface area contributed by atoms with Gasteiger partial charge in [0.15, 0.2) is 0 Å². The second-order valence-corrected chi connectivity index (χ2v) is 4.64. The molecule has 0 saturated heterocycles. The maximum atomic E-state index is 5.22. The van der Waals surface area contributed by atoms with Crippen LogP contribution in [-0.4, -0.2) is 20.3 Å². The number of para-hydroxylation sites is 1. The van der Waals surface area contributed by atoms with Gasteiger partial charge in [-0.1, -0.05) is 48.5 Å². The van der Waals surface area contributed by atoms with Crippen molar-refractivity contribution in [2.45, 2.75) is 12.3 Å². The van der Waals surface area contributed by atoms with Crippen molar-refractivity contribution in [1.29, 1.82) is 0 Å². The van der Waals surface area contributed by atoms with Crippen LogP contribution in [0.2, 0.25) is 0 Å². The van der Waals surface area contributed by atoms with Crippen molar-refractivity contribution in [3.63, 3.8) is 0 Å². The van der Waals surface area contributed by atoms with Crippen LogP contribution >= 0.6 is 0 Å². The third-order valence-electron chi connectivity index (χ3n) is 3.27. The SMILES string of the molecule is COCCC(CNc1ccccc1)c1ccccc1. The molecule has 1 unspecified atom stereocenters. The van der Waals surface area contributed by atoms with Crippen LogP contribution in [0, 0.1) is 0 Å². The number of rotatable bonds is 7. The molecule has 0 aromatic heterocycles. The molecule has 0 aliphatic rings. The Hall–Kier alpha value is -1.80. The van der Waals surface area contributed by atoms with Crippen LogP contribution in [0.3, 0.4) is 0 Å². The predicted molar refractivity (Wildman–Crippen MR) is 80.6 cm³/mol. The minimum absolute atomic E-state index is 0.473. The van der Waals surface area contributed by atoms with Gasteiger partial charge in [-0.2, -0.15) is 0 Å². The summed E-state index contributed by atoms with van der Waals surface area (Å²) in [5.41, 5.74) is 2.53. The van der Waals surface area contributed by atoms with E-state index in [0.29, 0.717) is 5.92 Å². The summed E-state index contributed by atoms with van der Waals surface area (Å²) in [6, 6.07) is 20.9. The smallest absolute Gasteiger partial charge is 0.0468 e. The second kappa shape index (κ2) is 7.59. The molecule has 0 fully saturated rings. The third kappa shape index (κ3) is 4.42. The quantitative estimate of drug-likeness (QED) is 0.809. The van der Waals surface area contributed by atoms with Gasteiger partial charge in [-0.15, -0.1) is 0 Å². The normalized spacial score (nSPS) is 12.1. The number of ether oxygens (including phenoxy) is 1. The van der Waals surface area contributed by atoms with Crippen LogP contribution in [0.15, 0.2) is 60.7 Å². The average molecular weight is 255 g/mol. The Morgan fingerprint density at radius 1 is 0.947 bits per heavy atom. The molecule has 2 nitrogen and oxygen atoms in total. The molecule has 0 aliphatic heterocycles. The lowest BCUT2D eigenvalue weighted by atomic mass is 9.96. The van der Waals surface area contributed by atoms with Crippen molar-refractivity contribution in [2.75, 3.05) is 25.6 Å². The Bertz CT molecular complexity index is 455. The molecule has 2 heteroatoms. The van der Waals surface area contributed by atoms with Gasteiger partial charge in [0.05, 0.1) is 0 Å². The zero-order valence-corrected chi connectivity index (χ0v) is 11.4. The Morgan fingerprint density at radius 3 is 2.21 bits per heavy atom. The summed E-state index contributed by atoms with van der Waals surface area (Å²) in [4.78, 5) is 0. The first-order chi connectivity index (χ1) is 9.40. The van der Waals surface area contributed by atoms with Crippen molar-refractivity contribution >= 4 is 5.69 Å². The van der Waals surface area contributed by atoms with Gasteiger partial charge in [0.25, 0.3) is 0 Å². The van der Waals surface area contributed by atoms with Gasteiger partial charge in [0.2, 0.25) is 0 Å². The molecule has 2 aromatic carbocycles. The monoisotopic (exact) mass is 255 g/mol. The van der Waals surface area contributed by atoms with Crippen molar-refractivity contribution < 1.29 is 4.74 Å². The molecule has 2 rings (SSSR count). The van der Waals surface area contributed by atoms with E-state index < -0.39 is 0 Å². The van der Waals surface area contributed by atoms with E-state index in [0.717, 1.165) is 19.6 Å².